The Bertz CT molecular complexity index is 1040. The zero-order valence-corrected chi connectivity index (χ0v) is 18.4. The standard InChI is InChI=1S/C25H28ClFN4/c1-16-10-17(8-9-23(16)28)12-20-13-21(22(26)15-29-20)24-6-3-7-25(31-24)30-14-18-4-2-5-19(27)11-18/h2-7,11,13,15-17,23H,8-10,12,14,28H2,1H3,(H,30,31)/t16-,17-,23-/m0/s1. The van der Waals surface area contributed by atoms with Gasteiger partial charge in [-0.05, 0) is 73.4 Å². The van der Waals surface area contributed by atoms with Gasteiger partial charge in [0.1, 0.15) is 11.6 Å². The van der Waals surface area contributed by atoms with Gasteiger partial charge in [0.25, 0.3) is 0 Å². The molecule has 2 heterocycles. The van der Waals surface area contributed by atoms with E-state index in [1.807, 2.05) is 24.3 Å². The van der Waals surface area contributed by atoms with Crippen molar-refractivity contribution in [1.29, 1.82) is 0 Å². The molecule has 1 fully saturated rings. The highest BCUT2D eigenvalue weighted by atomic mass is 35.5. The van der Waals surface area contributed by atoms with Gasteiger partial charge in [0.15, 0.2) is 0 Å². The summed E-state index contributed by atoms with van der Waals surface area (Å²) in [5, 5.41) is 3.84. The minimum absolute atomic E-state index is 0.244. The number of nitrogens with one attached hydrogen (secondary N) is 1. The molecule has 0 bridgehead atoms. The van der Waals surface area contributed by atoms with E-state index in [0.29, 0.717) is 35.3 Å². The SMILES string of the molecule is C[C@H]1C[C@@H](Cc2cc(-c3cccc(NCc4cccc(F)c4)n3)c(Cl)cn2)CC[C@@H]1N. The topological polar surface area (TPSA) is 63.8 Å². The first-order valence-electron chi connectivity index (χ1n) is 10.8. The number of pyridine rings is 2. The van der Waals surface area contributed by atoms with Crippen molar-refractivity contribution in [3.63, 3.8) is 0 Å². The van der Waals surface area contributed by atoms with E-state index in [1.54, 1.807) is 12.3 Å². The summed E-state index contributed by atoms with van der Waals surface area (Å²) in [6.45, 7) is 2.73. The lowest BCUT2D eigenvalue weighted by Gasteiger charge is -2.31. The zero-order chi connectivity index (χ0) is 21.8. The van der Waals surface area contributed by atoms with E-state index in [0.717, 1.165) is 48.2 Å². The predicted octanol–water partition coefficient (Wildman–Crippen LogP) is 5.85. The summed E-state index contributed by atoms with van der Waals surface area (Å²) in [5.74, 6) is 1.62. The summed E-state index contributed by atoms with van der Waals surface area (Å²) in [6, 6.07) is 14.7. The highest BCUT2D eigenvalue weighted by Gasteiger charge is 2.25. The maximum absolute atomic E-state index is 13.4. The summed E-state index contributed by atoms with van der Waals surface area (Å²) in [5.41, 5.74) is 9.73. The average Bonchev–Trinajstić information content (AvgIpc) is 2.76. The quantitative estimate of drug-likeness (QED) is 0.506. The second-order valence-corrected chi connectivity index (χ2v) is 8.98. The normalized spacial score (nSPS) is 21.1. The molecule has 0 unspecified atom stereocenters. The van der Waals surface area contributed by atoms with Crippen LogP contribution in [0.1, 0.15) is 37.4 Å². The average molecular weight is 439 g/mol. The molecular weight excluding hydrogens is 411 g/mol. The Morgan fingerprint density at radius 3 is 2.81 bits per heavy atom. The molecule has 3 aromatic rings. The van der Waals surface area contributed by atoms with Crippen molar-refractivity contribution in [2.45, 2.75) is 45.2 Å². The van der Waals surface area contributed by atoms with Crippen LogP contribution in [-0.4, -0.2) is 16.0 Å². The minimum Gasteiger partial charge on any atom is -0.366 e. The lowest BCUT2D eigenvalue weighted by atomic mass is 9.77. The molecule has 6 heteroatoms. The highest BCUT2D eigenvalue weighted by Crippen LogP contribution is 2.32. The van der Waals surface area contributed by atoms with E-state index in [4.69, 9.17) is 22.3 Å². The van der Waals surface area contributed by atoms with Crippen LogP contribution in [0.2, 0.25) is 5.02 Å². The summed E-state index contributed by atoms with van der Waals surface area (Å²) < 4.78 is 13.4. The van der Waals surface area contributed by atoms with Gasteiger partial charge in [0.2, 0.25) is 0 Å². The van der Waals surface area contributed by atoms with E-state index < -0.39 is 0 Å². The number of halogens is 2. The first-order valence-corrected chi connectivity index (χ1v) is 11.2. The molecule has 3 atom stereocenters. The highest BCUT2D eigenvalue weighted by molar-refractivity contribution is 6.33. The van der Waals surface area contributed by atoms with E-state index >= 15 is 0 Å². The lowest BCUT2D eigenvalue weighted by Crippen LogP contribution is -2.35. The van der Waals surface area contributed by atoms with Gasteiger partial charge in [0.05, 0.1) is 10.7 Å². The van der Waals surface area contributed by atoms with Gasteiger partial charge in [-0.2, -0.15) is 0 Å². The van der Waals surface area contributed by atoms with Crippen LogP contribution in [0.3, 0.4) is 0 Å². The molecule has 1 saturated carbocycles. The van der Waals surface area contributed by atoms with Crippen molar-refractivity contribution in [1.82, 2.24) is 9.97 Å². The summed E-state index contributed by atoms with van der Waals surface area (Å²) >= 11 is 6.48. The van der Waals surface area contributed by atoms with Crippen LogP contribution in [0, 0.1) is 17.7 Å². The molecule has 2 aromatic heterocycles. The van der Waals surface area contributed by atoms with E-state index in [2.05, 4.69) is 23.3 Å². The molecule has 31 heavy (non-hydrogen) atoms. The summed E-state index contributed by atoms with van der Waals surface area (Å²) in [7, 11) is 0. The molecular formula is C25H28ClFN4. The third kappa shape index (κ3) is 5.60. The molecule has 1 aliphatic rings. The number of nitrogens with two attached hydrogens (primary N) is 1. The number of hydrogen-bond donors (Lipinski definition) is 2. The Kier molecular flexibility index (Phi) is 6.83. The second kappa shape index (κ2) is 9.75. The molecule has 3 N–H and O–H groups in total. The second-order valence-electron chi connectivity index (χ2n) is 8.57. The number of benzene rings is 1. The first-order chi connectivity index (χ1) is 15.0. The van der Waals surface area contributed by atoms with Gasteiger partial charge in [-0.15, -0.1) is 0 Å². The first kappa shape index (κ1) is 21.7. The minimum atomic E-state index is -0.244. The van der Waals surface area contributed by atoms with Crippen LogP contribution in [0.25, 0.3) is 11.3 Å². The van der Waals surface area contributed by atoms with E-state index in [1.165, 1.54) is 12.1 Å². The Hall–Kier alpha value is -2.50. The molecule has 162 valence electrons. The molecule has 0 amide bonds. The van der Waals surface area contributed by atoms with Crippen molar-refractivity contribution in [2.24, 2.45) is 17.6 Å². The van der Waals surface area contributed by atoms with Crippen molar-refractivity contribution in [3.8, 4) is 11.3 Å². The van der Waals surface area contributed by atoms with Crippen LogP contribution in [0.15, 0.2) is 54.7 Å². The molecule has 1 aromatic carbocycles. The van der Waals surface area contributed by atoms with Gasteiger partial charge in [0, 0.05) is 30.0 Å². The maximum Gasteiger partial charge on any atom is 0.126 e. The molecule has 4 nitrogen and oxygen atoms in total. The fourth-order valence-electron chi connectivity index (χ4n) is 4.32. The van der Waals surface area contributed by atoms with Crippen molar-refractivity contribution >= 4 is 17.4 Å². The summed E-state index contributed by atoms with van der Waals surface area (Å²) in [4.78, 5) is 9.28. The smallest absolute Gasteiger partial charge is 0.126 e. The van der Waals surface area contributed by atoms with Gasteiger partial charge in [-0.25, -0.2) is 9.37 Å². The Morgan fingerprint density at radius 1 is 1.16 bits per heavy atom. The zero-order valence-electron chi connectivity index (χ0n) is 17.7. The number of aromatic nitrogens is 2. The molecule has 4 rings (SSSR count). The molecule has 0 saturated heterocycles. The third-order valence-electron chi connectivity index (χ3n) is 6.14. The lowest BCUT2D eigenvalue weighted by molar-refractivity contribution is 0.246. The molecule has 0 aliphatic heterocycles. The maximum atomic E-state index is 13.4. The van der Waals surface area contributed by atoms with Gasteiger partial charge < -0.3 is 11.1 Å². The number of rotatable bonds is 6. The van der Waals surface area contributed by atoms with Crippen LogP contribution >= 0.6 is 11.6 Å². The van der Waals surface area contributed by atoms with Gasteiger partial charge >= 0.3 is 0 Å². The van der Waals surface area contributed by atoms with Crippen LogP contribution < -0.4 is 11.1 Å². The molecule has 0 spiro atoms. The monoisotopic (exact) mass is 438 g/mol. The van der Waals surface area contributed by atoms with Gasteiger partial charge in [-0.1, -0.05) is 36.7 Å². The van der Waals surface area contributed by atoms with Crippen LogP contribution in [0.5, 0.6) is 0 Å². The molecule has 0 radical (unpaired) electrons. The summed E-state index contributed by atoms with van der Waals surface area (Å²) in [6.07, 6.45) is 6.01. The number of hydrogen-bond acceptors (Lipinski definition) is 4. The Labute approximate surface area is 188 Å². The number of nitrogens with zero attached hydrogens (tertiary/aromatic N) is 2. The van der Waals surface area contributed by atoms with Gasteiger partial charge in [-0.3, -0.25) is 4.98 Å². The van der Waals surface area contributed by atoms with Crippen molar-refractivity contribution < 1.29 is 4.39 Å². The van der Waals surface area contributed by atoms with Crippen LogP contribution in [0.4, 0.5) is 10.2 Å². The Balaban J connectivity index is 1.48. The fourth-order valence-corrected chi connectivity index (χ4v) is 4.53. The van der Waals surface area contributed by atoms with Crippen LogP contribution in [-0.2, 0) is 13.0 Å². The molecule has 1 aliphatic carbocycles. The fraction of sp³-hybridized carbons (Fsp3) is 0.360. The predicted molar refractivity (Wildman–Crippen MR) is 124 cm³/mol. The largest absolute Gasteiger partial charge is 0.366 e. The third-order valence-corrected chi connectivity index (χ3v) is 6.44. The van der Waals surface area contributed by atoms with E-state index in [9.17, 15) is 4.39 Å². The Morgan fingerprint density at radius 2 is 2.00 bits per heavy atom. The van der Waals surface area contributed by atoms with Crippen molar-refractivity contribution in [3.05, 3.63) is 76.8 Å². The van der Waals surface area contributed by atoms with E-state index in [-0.39, 0.29) is 5.82 Å². The number of anilines is 1. The van der Waals surface area contributed by atoms with Crippen molar-refractivity contribution in [2.75, 3.05) is 5.32 Å².